The Hall–Kier alpha value is -1.99. The van der Waals surface area contributed by atoms with Gasteiger partial charge in [-0.1, -0.05) is 51.0 Å². The van der Waals surface area contributed by atoms with Crippen LogP contribution in [0.4, 0.5) is 4.79 Å². The molecule has 0 bridgehead atoms. The molecule has 1 rings (SSSR count). The van der Waals surface area contributed by atoms with Gasteiger partial charge in [0.15, 0.2) is 0 Å². The van der Waals surface area contributed by atoms with Crippen molar-refractivity contribution in [2.75, 3.05) is 6.61 Å². The van der Waals surface area contributed by atoms with Crippen LogP contribution in [0.3, 0.4) is 0 Å². The molecule has 0 spiro atoms. The van der Waals surface area contributed by atoms with Crippen molar-refractivity contribution in [2.45, 2.75) is 84.3 Å². The second-order valence-corrected chi connectivity index (χ2v) is 8.44. The lowest BCUT2D eigenvalue weighted by Gasteiger charge is -2.19. The number of nitrogens with one attached hydrogen (secondary N) is 1. The van der Waals surface area contributed by atoms with E-state index in [0.717, 1.165) is 32.1 Å². The molecule has 2 amide bonds. The molecule has 0 aromatic rings. The first-order valence-electron chi connectivity index (χ1n) is 11.4. The zero-order chi connectivity index (χ0) is 23.2. The van der Waals surface area contributed by atoms with Crippen molar-refractivity contribution < 1.29 is 29.3 Å². The van der Waals surface area contributed by atoms with Crippen molar-refractivity contribution in [2.24, 2.45) is 17.8 Å². The van der Waals surface area contributed by atoms with Gasteiger partial charge in [-0.05, 0) is 38.0 Å². The van der Waals surface area contributed by atoms with E-state index < -0.39 is 24.2 Å². The summed E-state index contributed by atoms with van der Waals surface area (Å²) < 4.78 is 4.87. The molecule has 31 heavy (non-hydrogen) atoms. The Labute approximate surface area is 185 Å². The maximum absolute atomic E-state index is 12.3. The van der Waals surface area contributed by atoms with Gasteiger partial charge in [-0.2, -0.15) is 0 Å². The zero-order valence-corrected chi connectivity index (χ0v) is 19.1. The molecule has 176 valence electrons. The summed E-state index contributed by atoms with van der Waals surface area (Å²) >= 11 is 0. The summed E-state index contributed by atoms with van der Waals surface area (Å²) in [4.78, 5) is 34.2. The molecule has 1 aliphatic carbocycles. The first kappa shape index (κ1) is 27.0. The van der Waals surface area contributed by atoms with Crippen LogP contribution < -0.4 is 5.32 Å². The number of amides is 2. The van der Waals surface area contributed by atoms with Crippen LogP contribution in [0.15, 0.2) is 24.3 Å². The number of aliphatic hydroxyl groups excluding tert-OH is 2. The summed E-state index contributed by atoms with van der Waals surface area (Å²) in [6.45, 7) is 5.63. The number of carbonyl (C=O) groups is 3. The van der Waals surface area contributed by atoms with Gasteiger partial charge < -0.3 is 14.9 Å². The molecule has 7 nitrogen and oxygen atoms in total. The number of alkyl carbamates (subject to hydrolysis) is 1. The lowest BCUT2D eigenvalue weighted by Crippen LogP contribution is -2.28. The van der Waals surface area contributed by atoms with E-state index >= 15 is 0 Å². The van der Waals surface area contributed by atoms with Gasteiger partial charge in [-0.25, -0.2) is 4.79 Å². The fraction of sp³-hybridized carbons (Fsp3) is 0.708. The number of imide groups is 1. The summed E-state index contributed by atoms with van der Waals surface area (Å²) in [7, 11) is 0. The molecule has 3 N–H and O–H groups in total. The standard InChI is InChI=1S/C24H39NO6/c1-4-5-11-17(2)21(27)14-13-20-19(22(28)16-23(20)29)12-9-7-6-8-10-15-31-24(30)25-18(3)26/h7,9,13-14,17,19-21,23,27,29H,4-6,8,10-12,15-16H2,1-3H3,(H,25,26,30)/t17?,19-,20-,21?,23?/m1/s1. The number of rotatable bonds is 13. The number of Topliss-reactive ketones (excluding diaryl/α,β-unsaturated/α-hetero) is 1. The fourth-order valence-electron chi connectivity index (χ4n) is 3.73. The van der Waals surface area contributed by atoms with Crippen LogP contribution in [0.2, 0.25) is 0 Å². The molecule has 0 saturated heterocycles. The third-order valence-corrected chi connectivity index (χ3v) is 5.69. The van der Waals surface area contributed by atoms with Crippen molar-refractivity contribution in [3.63, 3.8) is 0 Å². The van der Waals surface area contributed by atoms with E-state index in [-0.39, 0.29) is 36.6 Å². The minimum atomic E-state index is -0.731. The Morgan fingerprint density at radius 1 is 1.26 bits per heavy atom. The van der Waals surface area contributed by atoms with Crippen LogP contribution in [0, 0.1) is 17.8 Å². The molecule has 0 radical (unpaired) electrons. The highest BCUT2D eigenvalue weighted by molar-refractivity contribution is 5.90. The fourth-order valence-corrected chi connectivity index (χ4v) is 3.73. The van der Waals surface area contributed by atoms with Crippen LogP contribution in [0.25, 0.3) is 0 Å². The predicted octanol–water partition coefficient (Wildman–Crippen LogP) is 3.69. The lowest BCUT2D eigenvalue weighted by atomic mass is 9.89. The molecule has 5 atom stereocenters. The van der Waals surface area contributed by atoms with Gasteiger partial charge in [0.2, 0.25) is 5.91 Å². The van der Waals surface area contributed by atoms with Crippen molar-refractivity contribution in [3.05, 3.63) is 24.3 Å². The summed E-state index contributed by atoms with van der Waals surface area (Å²) in [6.07, 6.45) is 11.6. The molecule has 1 saturated carbocycles. The number of allylic oxidation sites excluding steroid dienone is 2. The highest BCUT2D eigenvalue weighted by atomic mass is 16.5. The van der Waals surface area contributed by atoms with Crippen molar-refractivity contribution in [3.8, 4) is 0 Å². The SMILES string of the molecule is CCCCC(C)C(O)C=C[C@H]1C(O)CC(=O)[C@@H]1CC=CCCCCOC(=O)NC(C)=O. The molecule has 3 unspecified atom stereocenters. The largest absolute Gasteiger partial charge is 0.449 e. The third-order valence-electron chi connectivity index (χ3n) is 5.69. The normalized spacial score (nSPS) is 23.4. The van der Waals surface area contributed by atoms with Gasteiger partial charge in [0.05, 0.1) is 18.8 Å². The van der Waals surface area contributed by atoms with E-state index in [2.05, 4.69) is 6.92 Å². The Bertz CT molecular complexity index is 630. The van der Waals surface area contributed by atoms with E-state index in [1.807, 2.05) is 30.5 Å². The first-order valence-corrected chi connectivity index (χ1v) is 11.4. The molecule has 7 heteroatoms. The second-order valence-electron chi connectivity index (χ2n) is 8.44. The van der Waals surface area contributed by atoms with Gasteiger partial charge in [-0.3, -0.25) is 14.9 Å². The van der Waals surface area contributed by atoms with E-state index in [1.54, 1.807) is 6.08 Å². The number of ketones is 1. The molecular formula is C24H39NO6. The average molecular weight is 438 g/mol. The topological polar surface area (TPSA) is 113 Å². The number of hydrogen-bond donors (Lipinski definition) is 3. The quantitative estimate of drug-likeness (QED) is 0.299. The van der Waals surface area contributed by atoms with E-state index in [0.29, 0.717) is 12.8 Å². The third kappa shape index (κ3) is 10.7. The van der Waals surface area contributed by atoms with Crippen LogP contribution in [0.5, 0.6) is 0 Å². The zero-order valence-electron chi connectivity index (χ0n) is 19.1. The van der Waals surface area contributed by atoms with Crippen LogP contribution in [-0.2, 0) is 14.3 Å². The Morgan fingerprint density at radius 2 is 2.00 bits per heavy atom. The highest BCUT2D eigenvalue weighted by Gasteiger charge is 2.39. The minimum Gasteiger partial charge on any atom is -0.449 e. The lowest BCUT2D eigenvalue weighted by molar-refractivity contribution is -0.121. The summed E-state index contributed by atoms with van der Waals surface area (Å²) in [5, 5.41) is 22.6. The van der Waals surface area contributed by atoms with Crippen LogP contribution in [0.1, 0.15) is 72.1 Å². The molecule has 0 aromatic heterocycles. The molecular weight excluding hydrogens is 398 g/mol. The predicted molar refractivity (Wildman–Crippen MR) is 119 cm³/mol. The number of aliphatic hydroxyl groups is 2. The first-order chi connectivity index (χ1) is 14.8. The van der Waals surface area contributed by atoms with Crippen LogP contribution in [-0.4, -0.2) is 46.8 Å². The number of ether oxygens (including phenoxy) is 1. The van der Waals surface area contributed by atoms with Crippen LogP contribution >= 0.6 is 0 Å². The maximum atomic E-state index is 12.3. The summed E-state index contributed by atoms with van der Waals surface area (Å²) in [5.74, 6) is -0.766. The Kier molecular flexibility index (Phi) is 13.0. The molecule has 1 aliphatic rings. The number of unbranched alkanes of at least 4 members (excludes halogenated alkanes) is 3. The van der Waals surface area contributed by atoms with E-state index in [4.69, 9.17) is 4.74 Å². The van der Waals surface area contributed by atoms with Gasteiger partial charge in [0.25, 0.3) is 0 Å². The van der Waals surface area contributed by atoms with Crippen molar-refractivity contribution in [1.82, 2.24) is 5.32 Å². The number of hydrogen-bond acceptors (Lipinski definition) is 6. The van der Waals surface area contributed by atoms with E-state index in [1.165, 1.54) is 6.92 Å². The molecule has 0 aliphatic heterocycles. The number of carbonyl (C=O) groups excluding carboxylic acids is 3. The van der Waals surface area contributed by atoms with Gasteiger partial charge in [0.1, 0.15) is 5.78 Å². The molecule has 0 heterocycles. The van der Waals surface area contributed by atoms with E-state index in [9.17, 15) is 24.6 Å². The van der Waals surface area contributed by atoms with Crippen molar-refractivity contribution in [1.29, 1.82) is 0 Å². The smallest absolute Gasteiger partial charge is 0.413 e. The molecule has 0 aromatic carbocycles. The minimum absolute atomic E-state index is 0.0604. The average Bonchev–Trinajstić information content (AvgIpc) is 2.97. The Morgan fingerprint density at radius 3 is 2.68 bits per heavy atom. The second kappa shape index (κ2) is 14.9. The van der Waals surface area contributed by atoms with Gasteiger partial charge >= 0.3 is 6.09 Å². The molecule has 1 fully saturated rings. The maximum Gasteiger partial charge on any atom is 0.413 e. The van der Waals surface area contributed by atoms with Gasteiger partial charge in [0, 0.05) is 25.2 Å². The van der Waals surface area contributed by atoms with Gasteiger partial charge in [-0.15, -0.1) is 0 Å². The van der Waals surface area contributed by atoms with Crippen molar-refractivity contribution >= 4 is 17.8 Å². The highest BCUT2D eigenvalue weighted by Crippen LogP contribution is 2.33. The Balaban J connectivity index is 2.39. The summed E-state index contributed by atoms with van der Waals surface area (Å²) in [6, 6.07) is 0. The summed E-state index contributed by atoms with van der Waals surface area (Å²) in [5.41, 5.74) is 0. The monoisotopic (exact) mass is 437 g/mol.